The number of rotatable bonds is 0. The first-order chi connectivity index (χ1) is 3.00. The average Bonchev–Trinajstić information content (AvgIpc) is 1.72. The van der Waals surface area contributed by atoms with Gasteiger partial charge in [-0.3, -0.25) is 0 Å². The van der Waals surface area contributed by atoms with Gasteiger partial charge in [-0.2, -0.15) is 12.8 Å². The monoisotopic (exact) mass is 97.1 g/mol. The summed E-state index contributed by atoms with van der Waals surface area (Å²) in [4.78, 5) is 0. The predicted octanol–water partition coefficient (Wildman–Crippen LogP) is -3.84. The summed E-state index contributed by atoms with van der Waals surface area (Å²) >= 11 is 0. The van der Waals surface area contributed by atoms with Crippen LogP contribution in [0.4, 0.5) is 0 Å². The van der Waals surface area contributed by atoms with Crippen molar-refractivity contribution in [1.29, 1.82) is 0 Å². The minimum atomic E-state index is 0. The minimum Gasteiger partial charge on any atom is -0.328 e. The largest absolute Gasteiger partial charge is 1.00 e. The van der Waals surface area contributed by atoms with Crippen molar-refractivity contribution in [3.05, 3.63) is 6.42 Å². The molecule has 0 nitrogen and oxygen atoms in total. The second kappa shape index (κ2) is 8.19. The Morgan fingerprint density at radius 2 is 1.25 bits per heavy atom. The molecule has 2 heteroatoms. The van der Waals surface area contributed by atoms with Gasteiger partial charge in [0.15, 0.2) is 0 Å². The van der Waals surface area contributed by atoms with E-state index in [4.69, 9.17) is 0 Å². The Labute approximate surface area is 76.2 Å². The van der Waals surface area contributed by atoms with Crippen molar-refractivity contribution in [1.82, 2.24) is 0 Å². The van der Waals surface area contributed by atoms with E-state index in [-0.39, 0.29) is 37.7 Å². The van der Waals surface area contributed by atoms with E-state index in [2.05, 4.69) is 6.42 Å². The molecule has 0 aromatic heterocycles. The first kappa shape index (κ1) is 11.9. The summed E-state index contributed by atoms with van der Waals surface area (Å²) in [6.07, 6.45) is 9.50. The zero-order valence-electron chi connectivity index (χ0n) is 6.11. The second-order valence-electron chi connectivity index (χ2n) is 1.93. The third-order valence-corrected chi connectivity index (χ3v) is 1.32. The van der Waals surface area contributed by atoms with Gasteiger partial charge in [-0.05, 0) is 0 Å². The zero-order chi connectivity index (χ0) is 4.24. The summed E-state index contributed by atoms with van der Waals surface area (Å²) < 4.78 is 0. The molecule has 0 aromatic carbocycles. The van der Waals surface area contributed by atoms with E-state index in [1.165, 1.54) is 32.1 Å². The molecule has 0 atom stereocenters. The van der Waals surface area contributed by atoms with Crippen LogP contribution in [0.5, 0.6) is 0 Å². The van der Waals surface area contributed by atoms with Crippen molar-refractivity contribution < 1.29 is 37.7 Å². The fourth-order valence-corrected chi connectivity index (χ4v) is 0.898. The average molecular weight is 97.0 g/mol. The quantitative estimate of drug-likeness (QED) is 0.214. The number of hydrogen-bond acceptors (Lipinski definition) is 0. The Morgan fingerprint density at radius 1 is 0.750 bits per heavy atom. The predicted molar refractivity (Wildman–Crippen MR) is 27.4 cm³/mol. The summed E-state index contributed by atoms with van der Waals surface area (Å²) in [5.41, 5.74) is 0. The molecule has 36 valence electrons. The molecule has 0 heterocycles. The number of hydrogen-bond donors (Lipinski definition) is 0. The maximum absolute atomic E-state index is 2.39. The molecule has 0 radical (unpaired) electrons. The molecule has 8 heavy (non-hydrogen) atoms. The normalized spacial score (nSPS) is 18.0. The van der Waals surface area contributed by atoms with E-state index in [0.29, 0.717) is 0 Å². The van der Waals surface area contributed by atoms with Gasteiger partial charge < -0.3 is 6.42 Å². The molecule has 0 N–H and O–H groups in total. The van der Waals surface area contributed by atoms with Crippen molar-refractivity contribution in [2.24, 2.45) is 0 Å². The van der Waals surface area contributed by atoms with Crippen molar-refractivity contribution in [3.8, 4) is 0 Å². The molecule has 0 aromatic rings. The Balaban J connectivity index is 0. The van der Waals surface area contributed by atoms with Gasteiger partial charge in [0, 0.05) is 0 Å². The molecular weight excluding hydrogens is 85.9 g/mol. The van der Waals surface area contributed by atoms with Crippen LogP contribution in [0.3, 0.4) is 0 Å². The Hall–Kier alpha value is 1.19. The Kier molecular flexibility index (Phi) is 12.2. The first-order valence-electron chi connectivity index (χ1n) is 2.82. The molecule has 1 aliphatic carbocycles. The van der Waals surface area contributed by atoms with Crippen LogP contribution in [0.2, 0.25) is 0 Å². The molecule has 0 amide bonds. The summed E-state index contributed by atoms with van der Waals surface area (Å²) in [5, 5.41) is 0. The maximum atomic E-state index is 2.39. The molecule has 0 saturated heterocycles. The van der Waals surface area contributed by atoms with E-state index in [9.17, 15) is 0 Å². The Morgan fingerprint density at radius 3 is 1.38 bits per heavy atom. The van der Waals surface area contributed by atoms with Crippen molar-refractivity contribution in [2.75, 3.05) is 0 Å². The molecule has 1 saturated carbocycles. The van der Waals surface area contributed by atoms with Crippen LogP contribution in [0.15, 0.2) is 0 Å². The molecule has 0 bridgehead atoms. The van der Waals surface area contributed by atoms with Crippen LogP contribution in [0.1, 0.15) is 32.1 Å². The van der Waals surface area contributed by atoms with Crippen molar-refractivity contribution >= 4 is 0 Å². The summed E-state index contributed by atoms with van der Waals surface area (Å²) in [6.45, 7) is 0. The second-order valence-corrected chi connectivity index (χ2v) is 1.93. The van der Waals surface area contributed by atoms with Crippen LogP contribution >= 0.6 is 0 Å². The fraction of sp³-hybridized carbons (Fsp3) is 0.833. The van der Waals surface area contributed by atoms with E-state index in [1.807, 2.05) is 0 Å². The Bertz CT molecular complexity index is 22.0. The van der Waals surface area contributed by atoms with Gasteiger partial charge in [0.2, 0.25) is 0 Å². The summed E-state index contributed by atoms with van der Waals surface area (Å²) in [6, 6.07) is 0. The molecular formula is C6H11Li2+. The van der Waals surface area contributed by atoms with E-state index in [1.54, 1.807) is 0 Å². The van der Waals surface area contributed by atoms with Gasteiger partial charge in [-0.15, -0.1) is 0 Å². The minimum absolute atomic E-state index is 0. The fourth-order valence-electron chi connectivity index (χ4n) is 0.898. The van der Waals surface area contributed by atoms with Crippen LogP contribution in [-0.4, -0.2) is 0 Å². The smallest absolute Gasteiger partial charge is 0.328 e. The topological polar surface area (TPSA) is 0 Å². The molecule has 0 spiro atoms. The molecule has 0 aliphatic heterocycles. The van der Waals surface area contributed by atoms with E-state index >= 15 is 0 Å². The molecule has 1 rings (SSSR count). The SMILES string of the molecule is [CH-]1CCCCC1.[Li+].[Li+]. The zero-order valence-corrected chi connectivity index (χ0v) is 6.11. The van der Waals surface area contributed by atoms with E-state index < -0.39 is 0 Å². The first-order valence-corrected chi connectivity index (χ1v) is 2.82. The van der Waals surface area contributed by atoms with Crippen LogP contribution in [0.25, 0.3) is 0 Å². The van der Waals surface area contributed by atoms with Crippen molar-refractivity contribution in [2.45, 2.75) is 32.1 Å². The molecule has 0 unspecified atom stereocenters. The van der Waals surface area contributed by atoms with Gasteiger partial charge in [0.1, 0.15) is 0 Å². The van der Waals surface area contributed by atoms with Crippen LogP contribution in [-0.2, 0) is 0 Å². The summed E-state index contributed by atoms with van der Waals surface area (Å²) in [5.74, 6) is 0. The van der Waals surface area contributed by atoms with E-state index in [0.717, 1.165) is 0 Å². The molecule has 1 aliphatic rings. The van der Waals surface area contributed by atoms with Crippen LogP contribution in [0, 0.1) is 6.42 Å². The van der Waals surface area contributed by atoms with Gasteiger partial charge in [0.05, 0.1) is 0 Å². The van der Waals surface area contributed by atoms with Gasteiger partial charge >= 0.3 is 37.7 Å². The van der Waals surface area contributed by atoms with Gasteiger partial charge in [-0.25, -0.2) is 0 Å². The van der Waals surface area contributed by atoms with Crippen LogP contribution < -0.4 is 37.7 Å². The van der Waals surface area contributed by atoms with Gasteiger partial charge in [-0.1, -0.05) is 19.3 Å². The summed E-state index contributed by atoms with van der Waals surface area (Å²) in [7, 11) is 0. The van der Waals surface area contributed by atoms with Gasteiger partial charge in [0.25, 0.3) is 0 Å². The maximum Gasteiger partial charge on any atom is 1.00 e. The third kappa shape index (κ3) is 5.33. The standard InChI is InChI=1S/C6H11.2Li/c1-2-4-6-5-3-1;;/h1H,2-6H2;;/q-1;2*+1. The third-order valence-electron chi connectivity index (χ3n) is 1.32. The molecule has 1 fully saturated rings. The van der Waals surface area contributed by atoms with Crippen molar-refractivity contribution in [3.63, 3.8) is 0 Å².